The average molecular weight is 346 g/mol. The van der Waals surface area contributed by atoms with Crippen molar-refractivity contribution in [3.8, 4) is 0 Å². The molecular formula is C20H31N3S. The van der Waals surface area contributed by atoms with E-state index in [9.17, 15) is 0 Å². The predicted octanol–water partition coefficient (Wildman–Crippen LogP) is 4.81. The molecule has 132 valence electrons. The molecule has 2 fully saturated rings. The molecule has 0 saturated heterocycles. The van der Waals surface area contributed by atoms with Gasteiger partial charge in [0.2, 0.25) is 0 Å². The van der Waals surface area contributed by atoms with Crippen LogP contribution in [0.2, 0.25) is 0 Å². The van der Waals surface area contributed by atoms with Crippen molar-refractivity contribution in [2.75, 3.05) is 0 Å². The Bertz CT molecular complexity index is 491. The normalized spacial score (nSPS) is 20.3. The average Bonchev–Trinajstić information content (AvgIpc) is 3.10. The second-order valence-corrected chi connectivity index (χ2v) is 7.80. The standard InChI is InChI=1S/C20H31N3S/c24-20(22-18-8-4-2-1-3-5-9-18)23(19-10-6-7-11-19)16-17-12-14-21-15-13-17/h12-15,18-19H,1-11,16H2,(H,22,24). The van der Waals surface area contributed by atoms with E-state index >= 15 is 0 Å². The minimum absolute atomic E-state index is 0.569. The highest BCUT2D eigenvalue weighted by molar-refractivity contribution is 7.80. The Morgan fingerprint density at radius 3 is 2.21 bits per heavy atom. The minimum atomic E-state index is 0.569. The van der Waals surface area contributed by atoms with Gasteiger partial charge in [-0.1, -0.05) is 44.9 Å². The van der Waals surface area contributed by atoms with Crippen molar-refractivity contribution in [2.45, 2.75) is 89.3 Å². The first-order valence-electron chi connectivity index (χ1n) is 9.79. The molecule has 1 aromatic heterocycles. The van der Waals surface area contributed by atoms with E-state index in [0.717, 1.165) is 11.7 Å². The van der Waals surface area contributed by atoms with Gasteiger partial charge < -0.3 is 10.2 Å². The third kappa shape index (κ3) is 5.17. The molecule has 3 nitrogen and oxygen atoms in total. The second-order valence-electron chi connectivity index (χ2n) is 7.41. The summed E-state index contributed by atoms with van der Waals surface area (Å²) in [7, 11) is 0. The number of hydrogen-bond acceptors (Lipinski definition) is 2. The number of thiocarbonyl (C=S) groups is 1. The van der Waals surface area contributed by atoms with Crippen molar-refractivity contribution in [1.29, 1.82) is 0 Å². The molecule has 24 heavy (non-hydrogen) atoms. The number of rotatable bonds is 4. The number of nitrogens with zero attached hydrogens (tertiary/aromatic N) is 2. The van der Waals surface area contributed by atoms with Gasteiger partial charge in [-0.3, -0.25) is 4.98 Å². The molecule has 2 aliphatic rings. The molecule has 0 aliphatic heterocycles. The summed E-state index contributed by atoms with van der Waals surface area (Å²) in [6.07, 6.45) is 18.4. The first kappa shape index (κ1) is 17.7. The van der Waals surface area contributed by atoms with Crippen molar-refractivity contribution in [3.63, 3.8) is 0 Å². The first-order valence-corrected chi connectivity index (χ1v) is 10.2. The first-order chi connectivity index (χ1) is 11.8. The third-order valence-electron chi connectivity index (χ3n) is 5.56. The molecule has 0 bridgehead atoms. The van der Waals surface area contributed by atoms with Gasteiger partial charge >= 0.3 is 0 Å². The lowest BCUT2D eigenvalue weighted by Crippen LogP contribution is -2.48. The van der Waals surface area contributed by atoms with E-state index in [2.05, 4.69) is 27.3 Å². The molecular weight excluding hydrogens is 314 g/mol. The van der Waals surface area contributed by atoms with Crippen LogP contribution < -0.4 is 5.32 Å². The van der Waals surface area contributed by atoms with Crippen LogP contribution in [0.5, 0.6) is 0 Å². The zero-order valence-corrected chi connectivity index (χ0v) is 15.6. The van der Waals surface area contributed by atoms with Crippen molar-refractivity contribution in [1.82, 2.24) is 15.2 Å². The molecule has 3 rings (SSSR count). The summed E-state index contributed by atoms with van der Waals surface area (Å²) in [4.78, 5) is 6.60. The van der Waals surface area contributed by atoms with Gasteiger partial charge in [-0.15, -0.1) is 0 Å². The van der Waals surface area contributed by atoms with Gasteiger partial charge in [-0.25, -0.2) is 0 Å². The van der Waals surface area contributed by atoms with Gasteiger partial charge in [0.1, 0.15) is 0 Å². The summed E-state index contributed by atoms with van der Waals surface area (Å²) in [6.45, 7) is 0.908. The third-order valence-corrected chi connectivity index (χ3v) is 5.91. The maximum absolute atomic E-state index is 5.87. The van der Waals surface area contributed by atoms with Crippen molar-refractivity contribution in [3.05, 3.63) is 30.1 Å². The Hall–Kier alpha value is -1.16. The topological polar surface area (TPSA) is 28.2 Å². The van der Waals surface area contributed by atoms with Crippen LogP contribution in [0, 0.1) is 0 Å². The number of aromatic nitrogens is 1. The highest BCUT2D eigenvalue weighted by Gasteiger charge is 2.26. The van der Waals surface area contributed by atoms with E-state index in [4.69, 9.17) is 12.2 Å². The monoisotopic (exact) mass is 345 g/mol. The molecule has 1 N–H and O–H groups in total. The highest BCUT2D eigenvalue weighted by Crippen LogP contribution is 2.26. The number of pyridine rings is 1. The van der Waals surface area contributed by atoms with E-state index in [-0.39, 0.29) is 0 Å². The maximum Gasteiger partial charge on any atom is 0.169 e. The number of nitrogens with one attached hydrogen (secondary N) is 1. The quantitative estimate of drug-likeness (QED) is 0.792. The lowest BCUT2D eigenvalue weighted by Gasteiger charge is -2.34. The molecule has 1 aromatic rings. The summed E-state index contributed by atoms with van der Waals surface area (Å²) in [5, 5.41) is 4.70. The molecule has 0 unspecified atom stereocenters. The van der Waals surface area contributed by atoms with Gasteiger partial charge in [0.25, 0.3) is 0 Å². The predicted molar refractivity (Wildman–Crippen MR) is 104 cm³/mol. The minimum Gasteiger partial charge on any atom is -0.360 e. The Kier molecular flexibility index (Phi) is 6.88. The van der Waals surface area contributed by atoms with Crippen LogP contribution in [-0.2, 0) is 6.54 Å². The molecule has 0 amide bonds. The van der Waals surface area contributed by atoms with Crippen molar-refractivity contribution < 1.29 is 0 Å². The summed E-state index contributed by atoms with van der Waals surface area (Å²) >= 11 is 5.87. The van der Waals surface area contributed by atoms with Crippen LogP contribution in [-0.4, -0.2) is 27.1 Å². The van der Waals surface area contributed by atoms with Gasteiger partial charge in [-0.05, 0) is 55.6 Å². The fourth-order valence-electron chi connectivity index (χ4n) is 4.13. The van der Waals surface area contributed by atoms with E-state index in [0.29, 0.717) is 12.1 Å². The lowest BCUT2D eigenvalue weighted by molar-refractivity contribution is 0.295. The van der Waals surface area contributed by atoms with E-state index in [1.807, 2.05) is 12.4 Å². The van der Waals surface area contributed by atoms with E-state index < -0.39 is 0 Å². The SMILES string of the molecule is S=C(NC1CCCCCCC1)N(Cc1ccncc1)C1CCCC1. The largest absolute Gasteiger partial charge is 0.360 e. The van der Waals surface area contributed by atoms with Gasteiger partial charge in [0.15, 0.2) is 5.11 Å². The maximum atomic E-state index is 5.87. The molecule has 4 heteroatoms. The molecule has 0 aromatic carbocycles. The Balaban J connectivity index is 1.63. The molecule has 1 heterocycles. The highest BCUT2D eigenvalue weighted by atomic mass is 32.1. The van der Waals surface area contributed by atoms with E-state index in [1.54, 1.807) is 0 Å². The molecule has 0 radical (unpaired) electrons. The zero-order chi connectivity index (χ0) is 16.6. The van der Waals surface area contributed by atoms with Crippen LogP contribution in [0.25, 0.3) is 0 Å². The summed E-state index contributed by atoms with van der Waals surface area (Å²) in [5.41, 5.74) is 1.30. The summed E-state index contributed by atoms with van der Waals surface area (Å²) in [6, 6.07) is 5.40. The van der Waals surface area contributed by atoms with Gasteiger partial charge in [-0.2, -0.15) is 0 Å². The Labute approximate surface area is 152 Å². The number of hydrogen-bond donors (Lipinski definition) is 1. The summed E-state index contributed by atoms with van der Waals surface area (Å²) < 4.78 is 0. The fourth-order valence-corrected chi connectivity index (χ4v) is 4.51. The fraction of sp³-hybridized carbons (Fsp3) is 0.700. The van der Waals surface area contributed by atoms with E-state index in [1.165, 1.54) is 76.2 Å². The smallest absolute Gasteiger partial charge is 0.169 e. The summed E-state index contributed by atoms with van der Waals surface area (Å²) in [5.74, 6) is 0. The molecule has 2 aliphatic carbocycles. The van der Waals surface area contributed by atoms with Crippen LogP contribution in [0.4, 0.5) is 0 Å². The van der Waals surface area contributed by atoms with Crippen molar-refractivity contribution >= 4 is 17.3 Å². The van der Waals surface area contributed by atoms with Crippen LogP contribution >= 0.6 is 12.2 Å². The van der Waals surface area contributed by atoms with Crippen LogP contribution in [0.15, 0.2) is 24.5 Å². The lowest BCUT2D eigenvalue weighted by atomic mass is 9.97. The zero-order valence-electron chi connectivity index (χ0n) is 14.8. The second kappa shape index (κ2) is 9.36. The van der Waals surface area contributed by atoms with Crippen LogP contribution in [0.3, 0.4) is 0 Å². The Morgan fingerprint density at radius 1 is 0.958 bits per heavy atom. The molecule has 0 atom stereocenters. The van der Waals surface area contributed by atoms with Gasteiger partial charge in [0, 0.05) is 31.0 Å². The molecule has 0 spiro atoms. The van der Waals surface area contributed by atoms with Crippen LogP contribution in [0.1, 0.15) is 76.2 Å². The Morgan fingerprint density at radius 2 is 1.54 bits per heavy atom. The van der Waals surface area contributed by atoms with Gasteiger partial charge in [0.05, 0.1) is 0 Å². The molecule has 2 saturated carbocycles. The van der Waals surface area contributed by atoms with Crippen molar-refractivity contribution in [2.24, 2.45) is 0 Å².